The number of halogens is 5. The van der Waals surface area contributed by atoms with Crippen LogP contribution in [-0.4, -0.2) is 34.3 Å². The molecule has 0 aliphatic carbocycles. The molecule has 0 saturated carbocycles. The fraction of sp³-hybridized carbons (Fsp3) is 0.333. The van der Waals surface area contributed by atoms with E-state index in [0.29, 0.717) is 31.6 Å². The highest BCUT2D eigenvalue weighted by molar-refractivity contribution is 5.52. The Kier molecular flexibility index (Phi) is 5.01. The van der Waals surface area contributed by atoms with E-state index >= 15 is 0 Å². The van der Waals surface area contributed by atoms with E-state index in [4.69, 9.17) is 14.2 Å². The molecule has 4 heterocycles. The topological polar surface area (TPSA) is 65.8 Å². The first-order chi connectivity index (χ1) is 17.1. The summed E-state index contributed by atoms with van der Waals surface area (Å²) in [5, 5.41) is 0. The van der Waals surface area contributed by atoms with Gasteiger partial charge in [0.1, 0.15) is 18.2 Å². The molecule has 0 amide bonds. The Morgan fingerprint density at radius 3 is 2.64 bits per heavy atom. The lowest BCUT2D eigenvalue weighted by atomic mass is 10.0. The van der Waals surface area contributed by atoms with E-state index in [0.717, 1.165) is 36.8 Å². The quantitative estimate of drug-likeness (QED) is 0.481. The van der Waals surface area contributed by atoms with E-state index < -0.39 is 34.8 Å². The lowest BCUT2D eigenvalue weighted by Gasteiger charge is -2.32. The van der Waals surface area contributed by atoms with E-state index in [1.54, 1.807) is 10.6 Å². The summed E-state index contributed by atoms with van der Waals surface area (Å²) in [5.74, 6) is -2.78. The molecule has 1 spiro atoms. The zero-order valence-corrected chi connectivity index (χ0v) is 18.5. The van der Waals surface area contributed by atoms with Gasteiger partial charge in [-0.25, -0.2) is 13.6 Å². The Morgan fingerprint density at radius 2 is 1.92 bits per heavy atom. The minimum absolute atomic E-state index is 0.0112. The second-order valence-corrected chi connectivity index (χ2v) is 9.10. The summed E-state index contributed by atoms with van der Waals surface area (Å²) >= 11 is 0. The summed E-state index contributed by atoms with van der Waals surface area (Å²) in [6.07, 6.45) is -3.68. The fourth-order valence-electron chi connectivity index (χ4n) is 5.07. The standard InChI is InChI=1S/C24H18F5N3O4/c25-17-4-13(5-18(26)21(17)36-15-3-1-2-14(6-15)24(27,28)29)10-34-19-7-20-31(22(33)30-19)11-23-8-16(35-12-23)9-32(20)23/h1-7,16H,8-12H2/t16-,23+/m0/s1. The minimum Gasteiger partial charge on any atom is -0.473 e. The number of morpholine rings is 1. The molecule has 2 atom stereocenters. The fourth-order valence-corrected chi connectivity index (χ4v) is 5.07. The third kappa shape index (κ3) is 3.76. The van der Waals surface area contributed by atoms with Crippen molar-refractivity contribution in [1.82, 2.24) is 9.55 Å². The maximum Gasteiger partial charge on any atom is 0.416 e. The molecule has 7 nitrogen and oxygen atoms in total. The normalized spacial score (nSPS) is 22.0. The first kappa shape index (κ1) is 22.8. The van der Waals surface area contributed by atoms with Crippen LogP contribution in [0.4, 0.5) is 27.8 Å². The molecule has 0 radical (unpaired) electrons. The predicted octanol–water partition coefficient (Wildman–Crippen LogP) is 4.27. The number of nitrogens with zero attached hydrogens (tertiary/aromatic N) is 3. The van der Waals surface area contributed by atoms with Crippen molar-refractivity contribution in [3.63, 3.8) is 0 Å². The van der Waals surface area contributed by atoms with E-state index in [-0.39, 0.29) is 35.4 Å². The molecule has 6 rings (SSSR count). The van der Waals surface area contributed by atoms with Gasteiger partial charge in [0.25, 0.3) is 0 Å². The number of aromatic nitrogens is 2. The van der Waals surface area contributed by atoms with Gasteiger partial charge in [-0.3, -0.25) is 4.57 Å². The van der Waals surface area contributed by atoms with Crippen LogP contribution in [0, 0.1) is 11.6 Å². The number of rotatable bonds is 5. The number of ether oxygens (including phenoxy) is 3. The van der Waals surface area contributed by atoms with E-state index in [2.05, 4.69) is 9.88 Å². The summed E-state index contributed by atoms with van der Waals surface area (Å²) in [6.45, 7) is 1.37. The molecule has 188 valence electrons. The molecule has 2 saturated heterocycles. The van der Waals surface area contributed by atoms with Gasteiger partial charge in [-0.1, -0.05) is 6.07 Å². The molecule has 36 heavy (non-hydrogen) atoms. The molecule has 3 aromatic rings. The molecule has 12 heteroatoms. The van der Waals surface area contributed by atoms with Crippen LogP contribution < -0.4 is 20.1 Å². The summed E-state index contributed by atoms with van der Waals surface area (Å²) in [4.78, 5) is 18.6. The van der Waals surface area contributed by atoms with Crippen LogP contribution in [0.5, 0.6) is 17.4 Å². The highest BCUT2D eigenvalue weighted by atomic mass is 19.4. The van der Waals surface area contributed by atoms with Crippen LogP contribution in [0.15, 0.2) is 47.3 Å². The third-order valence-electron chi connectivity index (χ3n) is 6.68. The van der Waals surface area contributed by atoms with Crippen molar-refractivity contribution >= 4 is 5.82 Å². The molecular weight excluding hydrogens is 489 g/mol. The molecule has 3 aliphatic heterocycles. The highest BCUT2D eigenvalue weighted by Gasteiger charge is 2.56. The SMILES string of the molecule is O=c1nc(OCc2cc(F)c(Oc3cccc(C(F)(F)F)c3)c(F)c2)cc2n1C[C@]13CO[C@H](CN21)C3. The zero-order chi connectivity index (χ0) is 25.2. The number of hydrogen-bond acceptors (Lipinski definition) is 6. The average Bonchev–Trinajstić information content (AvgIpc) is 3.48. The molecule has 2 bridgehead atoms. The first-order valence-corrected chi connectivity index (χ1v) is 11.1. The number of hydrogen-bond donors (Lipinski definition) is 0. The monoisotopic (exact) mass is 507 g/mol. The third-order valence-corrected chi connectivity index (χ3v) is 6.68. The summed E-state index contributed by atoms with van der Waals surface area (Å²) in [7, 11) is 0. The van der Waals surface area contributed by atoms with Gasteiger partial charge in [0.15, 0.2) is 17.4 Å². The van der Waals surface area contributed by atoms with Gasteiger partial charge in [-0.15, -0.1) is 0 Å². The van der Waals surface area contributed by atoms with Crippen LogP contribution in [-0.2, 0) is 24.1 Å². The average molecular weight is 507 g/mol. The van der Waals surface area contributed by atoms with Crippen LogP contribution in [0.3, 0.4) is 0 Å². The smallest absolute Gasteiger partial charge is 0.416 e. The number of anilines is 1. The zero-order valence-electron chi connectivity index (χ0n) is 18.5. The van der Waals surface area contributed by atoms with E-state index in [1.165, 1.54) is 0 Å². The second-order valence-electron chi connectivity index (χ2n) is 9.10. The van der Waals surface area contributed by atoms with Crippen molar-refractivity contribution < 1.29 is 36.2 Å². The van der Waals surface area contributed by atoms with Gasteiger partial charge < -0.3 is 19.1 Å². The maximum atomic E-state index is 14.6. The lowest BCUT2D eigenvalue weighted by Crippen LogP contribution is -2.46. The Morgan fingerprint density at radius 1 is 1.14 bits per heavy atom. The number of alkyl halides is 3. The minimum atomic E-state index is -4.63. The molecular formula is C24H18F5N3O4. The highest BCUT2D eigenvalue weighted by Crippen LogP contribution is 2.46. The van der Waals surface area contributed by atoms with Crippen LogP contribution in [0.2, 0.25) is 0 Å². The van der Waals surface area contributed by atoms with Gasteiger partial charge >= 0.3 is 11.9 Å². The van der Waals surface area contributed by atoms with Crippen molar-refractivity contribution in [2.45, 2.75) is 37.4 Å². The number of benzene rings is 2. The van der Waals surface area contributed by atoms with Gasteiger partial charge in [0.05, 0.1) is 30.4 Å². The van der Waals surface area contributed by atoms with Crippen molar-refractivity contribution in [2.75, 3.05) is 18.1 Å². The van der Waals surface area contributed by atoms with Crippen molar-refractivity contribution in [3.05, 3.63) is 75.7 Å². The van der Waals surface area contributed by atoms with E-state index in [1.807, 2.05) is 0 Å². The van der Waals surface area contributed by atoms with Crippen LogP contribution in [0.1, 0.15) is 17.5 Å². The van der Waals surface area contributed by atoms with Gasteiger partial charge in [0, 0.05) is 19.0 Å². The lowest BCUT2D eigenvalue weighted by molar-refractivity contribution is -0.137. The first-order valence-electron chi connectivity index (χ1n) is 11.1. The summed E-state index contributed by atoms with van der Waals surface area (Å²) in [6, 6.07) is 7.21. The maximum absolute atomic E-state index is 14.6. The Hall–Kier alpha value is -3.67. The van der Waals surface area contributed by atoms with Crippen molar-refractivity contribution in [3.8, 4) is 17.4 Å². The largest absolute Gasteiger partial charge is 0.473 e. The summed E-state index contributed by atoms with van der Waals surface area (Å²) < 4.78 is 85.8. The Bertz CT molecular complexity index is 1400. The van der Waals surface area contributed by atoms with Crippen LogP contribution in [0.25, 0.3) is 0 Å². The van der Waals surface area contributed by atoms with Crippen molar-refractivity contribution in [2.24, 2.45) is 0 Å². The van der Waals surface area contributed by atoms with Gasteiger partial charge in [-0.05, 0) is 35.9 Å². The number of fused-ring (bicyclic) bond motifs is 3. The van der Waals surface area contributed by atoms with Gasteiger partial charge in [0.2, 0.25) is 5.88 Å². The predicted molar refractivity (Wildman–Crippen MR) is 115 cm³/mol. The second kappa shape index (κ2) is 7.92. The molecule has 0 N–H and O–H groups in total. The summed E-state index contributed by atoms with van der Waals surface area (Å²) in [5.41, 5.74) is -1.67. The Labute approximate surface area is 200 Å². The van der Waals surface area contributed by atoms with Crippen LogP contribution >= 0.6 is 0 Å². The molecule has 0 unspecified atom stereocenters. The van der Waals surface area contributed by atoms with Crippen molar-refractivity contribution in [1.29, 1.82) is 0 Å². The molecule has 1 aromatic heterocycles. The molecule has 3 aliphatic rings. The Balaban J connectivity index is 1.19. The molecule has 2 aromatic carbocycles. The van der Waals surface area contributed by atoms with Gasteiger partial charge in [-0.2, -0.15) is 18.2 Å². The van der Waals surface area contributed by atoms with E-state index in [9.17, 15) is 26.7 Å². The molecule has 2 fully saturated rings.